The zero-order chi connectivity index (χ0) is 14.4. The zero-order valence-corrected chi connectivity index (χ0v) is 12.7. The van der Waals surface area contributed by atoms with E-state index in [9.17, 15) is 4.39 Å². The summed E-state index contributed by atoms with van der Waals surface area (Å²) in [4.78, 5) is 4.48. The molecule has 0 aliphatic rings. The molecule has 0 fully saturated rings. The van der Waals surface area contributed by atoms with Crippen LogP contribution >= 0.6 is 15.9 Å². The van der Waals surface area contributed by atoms with Gasteiger partial charge >= 0.3 is 0 Å². The molecule has 0 radical (unpaired) electrons. The first-order valence-electron chi connectivity index (χ1n) is 6.18. The van der Waals surface area contributed by atoms with Gasteiger partial charge in [-0.15, -0.1) is 0 Å². The van der Waals surface area contributed by atoms with Gasteiger partial charge in [-0.1, -0.05) is 15.9 Å². The molecule has 0 bridgehead atoms. The predicted molar refractivity (Wildman–Crippen MR) is 82.2 cm³/mol. The SMILES string of the molecule is Cc1cc(C)n2c(N)c(-c3ccc(Br)cc3F)nc2c1. The van der Waals surface area contributed by atoms with Crippen LogP contribution < -0.4 is 5.73 Å². The fourth-order valence-electron chi connectivity index (χ4n) is 2.44. The zero-order valence-electron chi connectivity index (χ0n) is 11.1. The number of imidazole rings is 1. The number of nitrogens with two attached hydrogens (primary N) is 1. The van der Waals surface area contributed by atoms with Crippen molar-refractivity contribution in [3.63, 3.8) is 0 Å². The lowest BCUT2D eigenvalue weighted by molar-refractivity contribution is 0.630. The number of nitrogens with zero attached hydrogens (tertiary/aromatic N) is 2. The topological polar surface area (TPSA) is 43.3 Å². The Morgan fingerprint density at radius 1 is 1.20 bits per heavy atom. The molecule has 2 N–H and O–H groups in total. The van der Waals surface area contributed by atoms with E-state index in [0.717, 1.165) is 16.9 Å². The third-order valence-electron chi connectivity index (χ3n) is 3.27. The van der Waals surface area contributed by atoms with E-state index in [1.165, 1.54) is 6.07 Å². The van der Waals surface area contributed by atoms with E-state index in [0.29, 0.717) is 21.5 Å². The van der Waals surface area contributed by atoms with Crippen molar-refractivity contribution in [2.24, 2.45) is 0 Å². The van der Waals surface area contributed by atoms with Gasteiger partial charge in [-0.05, 0) is 49.7 Å². The van der Waals surface area contributed by atoms with Crippen LogP contribution in [0.4, 0.5) is 10.2 Å². The third kappa shape index (κ3) is 1.98. The number of nitrogen functional groups attached to an aromatic ring is 1. The molecule has 5 heteroatoms. The van der Waals surface area contributed by atoms with E-state index < -0.39 is 0 Å². The van der Waals surface area contributed by atoms with E-state index >= 15 is 0 Å². The lowest BCUT2D eigenvalue weighted by atomic mass is 10.1. The number of aryl methyl sites for hydroxylation is 2. The van der Waals surface area contributed by atoms with Crippen molar-refractivity contribution in [1.82, 2.24) is 9.38 Å². The average molecular weight is 334 g/mol. The molecule has 0 saturated carbocycles. The minimum Gasteiger partial charge on any atom is -0.383 e. The van der Waals surface area contributed by atoms with Crippen LogP contribution in [-0.2, 0) is 0 Å². The van der Waals surface area contributed by atoms with Crippen LogP contribution in [-0.4, -0.2) is 9.38 Å². The first-order valence-corrected chi connectivity index (χ1v) is 6.97. The van der Waals surface area contributed by atoms with E-state index in [-0.39, 0.29) is 5.82 Å². The van der Waals surface area contributed by atoms with E-state index in [4.69, 9.17) is 5.73 Å². The summed E-state index contributed by atoms with van der Waals surface area (Å²) >= 11 is 3.25. The first-order chi connectivity index (χ1) is 9.47. The number of hydrogen-bond donors (Lipinski definition) is 1. The molecule has 20 heavy (non-hydrogen) atoms. The number of benzene rings is 1. The molecule has 0 unspecified atom stereocenters. The number of halogens is 2. The fourth-order valence-corrected chi connectivity index (χ4v) is 2.77. The van der Waals surface area contributed by atoms with Crippen molar-refractivity contribution >= 4 is 27.4 Å². The smallest absolute Gasteiger partial charge is 0.139 e. The highest BCUT2D eigenvalue weighted by Crippen LogP contribution is 2.31. The lowest BCUT2D eigenvalue weighted by Gasteiger charge is -2.04. The Labute approximate surface area is 124 Å². The van der Waals surface area contributed by atoms with Crippen molar-refractivity contribution in [2.45, 2.75) is 13.8 Å². The molecule has 3 nitrogen and oxygen atoms in total. The molecular weight excluding hydrogens is 321 g/mol. The van der Waals surface area contributed by atoms with Gasteiger partial charge < -0.3 is 5.73 Å². The molecular formula is C15H13BrFN3. The highest BCUT2D eigenvalue weighted by Gasteiger charge is 2.16. The quantitative estimate of drug-likeness (QED) is 0.728. The second kappa shape index (κ2) is 4.59. The van der Waals surface area contributed by atoms with Crippen molar-refractivity contribution < 1.29 is 4.39 Å². The Hall–Kier alpha value is -1.88. The van der Waals surface area contributed by atoms with Crippen LogP contribution in [0.1, 0.15) is 11.3 Å². The maximum atomic E-state index is 14.1. The predicted octanol–water partition coefficient (Wildman–Crippen LogP) is 4.10. The minimum absolute atomic E-state index is 0.344. The van der Waals surface area contributed by atoms with Gasteiger partial charge in [0, 0.05) is 15.7 Å². The maximum absolute atomic E-state index is 14.1. The van der Waals surface area contributed by atoms with Crippen LogP contribution in [0.3, 0.4) is 0 Å². The largest absolute Gasteiger partial charge is 0.383 e. The number of pyridine rings is 1. The standard InChI is InChI=1S/C15H13BrFN3/c1-8-5-9(2)20-13(6-8)19-14(15(20)18)11-4-3-10(16)7-12(11)17/h3-7H,18H2,1-2H3. The average Bonchev–Trinajstić information content (AvgIpc) is 2.66. The summed E-state index contributed by atoms with van der Waals surface area (Å²) in [6.07, 6.45) is 0. The van der Waals surface area contributed by atoms with Gasteiger partial charge in [0.2, 0.25) is 0 Å². The van der Waals surface area contributed by atoms with Crippen LogP contribution in [0.2, 0.25) is 0 Å². The Morgan fingerprint density at radius 2 is 1.95 bits per heavy atom. The van der Waals surface area contributed by atoms with Gasteiger partial charge in [0.15, 0.2) is 0 Å². The highest BCUT2D eigenvalue weighted by molar-refractivity contribution is 9.10. The molecule has 3 aromatic rings. The molecule has 0 saturated heterocycles. The van der Waals surface area contributed by atoms with Crippen molar-refractivity contribution in [1.29, 1.82) is 0 Å². The van der Waals surface area contributed by atoms with Crippen molar-refractivity contribution in [3.05, 3.63) is 51.9 Å². The molecule has 2 heterocycles. The second-order valence-electron chi connectivity index (χ2n) is 4.84. The Balaban J connectivity index is 2.32. The van der Waals surface area contributed by atoms with E-state index in [1.54, 1.807) is 12.1 Å². The van der Waals surface area contributed by atoms with Gasteiger partial charge in [-0.25, -0.2) is 9.37 Å². The number of rotatable bonds is 1. The molecule has 0 spiro atoms. The highest BCUT2D eigenvalue weighted by atomic mass is 79.9. The summed E-state index contributed by atoms with van der Waals surface area (Å²) in [6, 6.07) is 8.83. The lowest BCUT2D eigenvalue weighted by Crippen LogP contribution is -1.98. The summed E-state index contributed by atoms with van der Waals surface area (Å²) in [7, 11) is 0. The molecule has 0 aliphatic carbocycles. The monoisotopic (exact) mass is 333 g/mol. The molecule has 0 amide bonds. The second-order valence-corrected chi connectivity index (χ2v) is 5.75. The summed E-state index contributed by atoms with van der Waals surface area (Å²) in [5, 5.41) is 0. The van der Waals surface area contributed by atoms with Gasteiger partial charge in [0.25, 0.3) is 0 Å². The van der Waals surface area contributed by atoms with Crippen molar-refractivity contribution in [2.75, 3.05) is 5.73 Å². The Kier molecular flexibility index (Phi) is 3.01. The van der Waals surface area contributed by atoms with Crippen molar-refractivity contribution in [3.8, 4) is 11.3 Å². The minimum atomic E-state index is -0.344. The van der Waals surface area contributed by atoms with Crippen LogP contribution in [0.15, 0.2) is 34.8 Å². The van der Waals surface area contributed by atoms with Crippen LogP contribution in [0.25, 0.3) is 16.9 Å². The molecule has 1 aromatic carbocycles. The molecule has 2 aromatic heterocycles. The Morgan fingerprint density at radius 3 is 2.65 bits per heavy atom. The fraction of sp³-hybridized carbons (Fsp3) is 0.133. The normalized spacial score (nSPS) is 11.2. The van der Waals surface area contributed by atoms with E-state index in [2.05, 4.69) is 20.9 Å². The Bertz CT molecular complexity index is 824. The number of fused-ring (bicyclic) bond motifs is 1. The molecule has 0 aliphatic heterocycles. The number of anilines is 1. The van der Waals surface area contributed by atoms with Crippen LogP contribution in [0.5, 0.6) is 0 Å². The first kappa shape index (κ1) is 13.1. The number of hydrogen-bond acceptors (Lipinski definition) is 2. The summed E-state index contributed by atoms with van der Waals surface area (Å²) < 4.78 is 16.6. The van der Waals surface area contributed by atoms with Gasteiger partial charge in [0.1, 0.15) is 23.0 Å². The molecule has 102 valence electrons. The summed E-state index contributed by atoms with van der Waals surface area (Å²) in [5.74, 6) is 0.113. The summed E-state index contributed by atoms with van der Waals surface area (Å²) in [5.41, 5.74) is 9.85. The van der Waals surface area contributed by atoms with Crippen LogP contribution in [0, 0.1) is 19.7 Å². The van der Waals surface area contributed by atoms with Gasteiger partial charge in [0.05, 0.1) is 0 Å². The van der Waals surface area contributed by atoms with Gasteiger partial charge in [-0.3, -0.25) is 4.40 Å². The van der Waals surface area contributed by atoms with E-state index in [1.807, 2.05) is 30.4 Å². The molecule has 3 rings (SSSR count). The number of aromatic nitrogens is 2. The van der Waals surface area contributed by atoms with Gasteiger partial charge in [-0.2, -0.15) is 0 Å². The third-order valence-corrected chi connectivity index (χ3v) is 3.76. The maximum Gasteiger partial charge on any atom is 0.139 e. The summed E-state index contributed by atoms with van der Waals surface area (Å²) in [6.45, 7) is 3.96. The molecule has 0 atom stereocenters.